The van der Waals surface area contributed by atoms with E-state index in [9.17, 15) is 9.59 Å². The summed E-state index contributed by atoms with van der Waals surface area (Å²) in [5.74, 6) is -0.0930. The fourth-order valence-electron chi connectivity index (χ4n) is 2.62. The Morgan fingerprint density at radius 3 is 2.00 bits per heavy atom. The van der Waals surface area contributed by atoms with Gasteiger partial charge in [0.2, 0.25) is 11.8 Å². The van der Waals surface area contributed by atoms with E-state index in [0.717, 1.165) is 31.0 Å². The van der Waals surface area contributed by atoms with E-state index in [4.69, 9.17) is 0 Å². The van der Waals surface area contributed by atoms with Crippen LogP contribution in [0.2, 0.25) is 0 Å². The number of hydrogen-bond acceptors (Lipinski definition) is 4. The van der Waals surface area contributed by atoms with Gasteiger partial charge in [-0.1, -0.05) is 0 Å². The summed E-state index contributed by atoms with van der Waals surface area (Å²) in [4.78, 5) is 29.8. The Bertz CT molecular complexity index is 539. The van der Waals surface area contributed by atoms with Crippen molar-refractivity contribution in [1.82, 2.24) is 10.2 Å². The first-order valence-corrected chi connectivity index (χ1v) is 8.93. The minimum atomic E-state index is -0.0586. The Morgan fingerprint density at radius 1 is 0.960 bits per heavy atom. The molecule has 0 heterocycles. The summed E-state index contributed by atoms with van der Waals surface area (Å²) >= 11 is 0. The van der Waals surface area contributed by atoms with Gasteiger partial charge in [-0.3, -0.25) is 9.59 Å². The van der Waals surface area contributed by atoms with Crippen molar-refractivity contribution < 1.29 is 9.59 Å². The van der Waals surface area contributed by atoms with Crippen molar-refractivity contribution in [2.24, 2.45) is 0 Å². The Kier molecular flexibility index (Phi) is 8.99. The molecule has 0 bridgehead atoms. The number of hydrogen-bond donors (Lipinski definition) is 1. The van der Waals surface area contributed by atoms with Gasteiger partial charge in [0.05, 0.1) is 0 Å². The minimum absolute atomic E-state index is 0.0344. The zero-order valence-corrected chi connectivity index (χ0v) is 16.2. The van der Waals surface area contributed by atoms with E-state index >= 15 is 0 Å². The highest BCUT2D eigenvalue weighted by atomic mass is 16.2. The van der Waals surface area contributed by atoms with Gasteiger partial charge >= 0.3 is 0 Å². The maximum absolute atomic E-state index is 12.0. The van der Waals surface area contributed by atoms with E-state index in [1.54, 1.807) is 4.90 Å². The molecule has 0 saturated heterocycles. The third-order valence-electron chi connectivity index (χ3n) is 4.11. The quantitative estimate of drug-likeness (QED) is 0.702. The molecule has 25 heavy (non-hydrogen) atoms. The van der Waals surface area contributed by atoms with Crippen LogP contribution in [-0.4, -0.2) is 63.5 Å². The maximum Gasteiger partial charge on any atom is 0.223 e. The zero-order chi connectivity index (χ0) is 18.8. The summed E-state index contributed by atoms with van der Waals surface area (Å²) in [6.07, 6.45) is 0.296. The van der Waals surface area contributed by atoms with Crippen molar-refractivity contribution in [3.8, 4) is 0 Å². The lowest BCUT2D eigenvalue weighted by molar-refractivity contribution is -0.121. The molecule has 0 aliphatic carbocycles. The molecule has 0 saturated carbocycles. The monoisotopic (exact) mass is 348 g/mol. The van der Waals surface area contributed by atoms with Crippen LogP contribution in [0.4, 0.5) is 11.4 Å². The van der Waals surface area contributed by atoms with Gasteiger partial charge < -0.3 is 20.0 Å². The van der Waals surface area contributed by atoms with Gasteiger partial charge in [0.25, 0.3) is 0 Å². The van der Waals surface area contributed by atoms with Crippen LogP contribution in [0.1, 0.15) is 27.2 Å². The Hall–Kier alpha value is -2.08. The molecule has 2 amide bonds. The molecule has 1 rings (SSSR count). The van der Waals surface area contributed by atoms with Gasteiger partial charge in [-0.2, -0.15) is 0 Å². The fraction of sp³-hybridized carbons (Fsp3) is 0.579. The molecule has 0 unspecified atom stereocenters. The standard InChI is InChI=1S/C19H32N4O2/c1-6-22(7-2)17-8-10-18(11-9-17)23(16(3)24)14-12-19(25)20-13-15-21(4)5/h8-11H,6-7,12-15H2,1-5H3,(H,20,25). The van der Waals surface area contributed by atoms with E-state index in [1.807, 2.05) is 43.3 Å². The van der Waals surface area contributed by atoms with E-state index < -0.39 is 0 Å². The summed E-state index contributed by atoms with van der Waals surface area (Å²) < 4.78 is 0. The number of carbonyl (C=O) groups excluding carboxylic acids is 2. The molecule has 0 fully saturated rings. The van der Waals surface area contributed by atoms with E-state index in [1.165, 1.54) is 6.92 Å². The van der Waals surface area contributed by atoms with Crippen LogP contribution < -0.4 is 15.1 Å². The number of likely N-dealkylation sites (N-methyl/N-ethyl adjacent to an activating group) is 1. The molecular formula is C19H32N4O2. The van der Waals surface area contributed by atoms with E-state index in [2.05, 4.69) is 24.1 Å². The maximum atomic E-state index is 12.0. The average molecular weight is 348 g/mol. The molecule has 140 valence electrons. The Morgan fingerprint density at radius 2 is 1.52 bits per heavy atom. The molecule has 0 aromatic heterocycles. The van der Waals surface area contributed by atoms with Crippen LogP contribution in [-0.2, 0) is 9.59 Å². The van der Waals surface area contributed by atoms with Gasteiger partial charge in [0, 0.05) is 57.4 Å². The van der Waals surface area contributed by atoms with Crippen molar-refractivity contribution >= 4 is 23.2 Å². The second kappa shape index (κ2) is 10.7. The third-order valence-corrected chi connectivity index (χ3v) is 4.11. The molecule has 0 spiro atoms. The predicted octanol–water partition coefficient (Wildman–Crippen LogP) is 1.95. The van der Waals surface area contributed by atoms with Gasteiger partial charge in [-0.15, -0.1) is 0 Å². The number of amides is 2. The number of anilines is 2. The minimum Gasteiger partial charge on any atom is -0.372 e. The van der Waals surface area contributed by atoms with Crippen molar-refractivity contribution in [1.29, 1.82) is 0 Å². The number of carbonyl (C=O) groups is 2. The highest BCUT2D eigenvalue weighted by Crippen LogP contribution is 2.21. The fourth-order valence-corrected chi connectivity index (χ4v) is 2.62. The first kappa shape index (κ1) is 21.0. The first-order valence-electron chi connectivity index (χ1n) is 8.93. The van der Waals surface area contributed by atoms with Crippen molar-refractivity contribution in [3.63, 3.8) is 0 Å². The van der Waals surface area contributed by atoms with Crippen LogP contribution >= 0.6 is 0 Å². The highest BCUT2D eigenvalue weighted by molar-refractivity contribution is 5.92. The van der Waals surface area contributed by atoms with Crippen LogP contribution in [0.25, 0.3) is 0 Å². The summed E-state index contributed by atoms with van der Waals surface area (Å²) in [5, 5.41) is 2.87. The lowest BCUT2D eigenvalue weighted by atomic mass is 10.2. The predicted molar refractivity (Wildman–Crippen MR) is 104 cm³/mol. The first-order chi connectivity index (χ1) is 11.9. The second-order valence-electron chi connectivity index (χ2n) is 6.26. The number of nitrogens with one attached hydrogen (secondary N) is 1. The van der Waals surface area contributed by atoms with Crippen LogP contribution in [0, 0.1) is 0 Å². The average Bonchev–Trinajstić information content (AvgIpc) is 2.56. The van der Waals surface area contributed by atoms with Gasteiger partial charge in [-0.05, 0) is 52.2 Å². The molecule has 0 radical (unpaired) electrons. The summed E-state index contributed by atoms with van der Waals surface area (Å²) in [5.41, 5.74) is 1.96. The molecule has 1 N–H and O–H groups in total. The summed E-state index contributed by atoms with van der Waals surface area (Å²) in [6.45, 7) is 9.45. The van der Waals surface area contributed by atoms with Crippen LogP contribution in [0.15, 0.2) is 24.3 Å². The smallest absolute Gasteiger partial charge is 0.223 e. The molecule has 0 aliphatic rings. The molecule has 0 aliphatic heterocycles. The van der Waals surface area contributed by atoms with Gasteiger partial charge in [0.15, 0.2) is 0 Å². The van der Waals surface area contributed by atoms with Crippen molar-refractivity contribution in [2.75, 3.05) is 56.6 Å². The van der Waals surface area contributed by atoms with Gasteiger partial charge in [0.1, 0.15) is 0 Å². The van der Waals surface area contributed by atoms with Crippen molar-refractivity contribution in [3.05, 3.63) is 24.3 Å². The van der Waals surface area contributed by atoms with Crippen LogP contribution in [0.3, 0.4) is 0 Å². The zero-order valence-electron chi connectivity index (χ0n) is 16.2. The molecule has 1 aromatic rings. The number of benzene rings is 1. The molecule has 0 atom stereocenters. The molecule has 6 heteroatoms. The highest BCUT2D eigenvalue weighted by Gasteiger charge is 2.14. The lowest BCUT2D eigenvalue weighted by Crippen LogP contribution is -2.36. The largest absolute Gasteiger partial charge is 0.372 e. The number of rotatable bonds is 10. The van der Waals surface area contributed by atoms with Crippen LogP contribution in [0.5, 0.6) is 0 Å². The SMILES string of the molecule is CCN(CC)c1ccc(N(CCC(=O)NCCN(C)C)C(C)=O)cc1. The summed E-state index contributed by atoms with van der Waals surface area (Å²) in [7, 11) is 3.93. The molecule has 6 nitrogen and oxygen atoms in total. The summed E-state index contributed by atoms with van der Waals surface area (Å²) in [6, 6.07) is 7.93. The number of nitrogens with zero attached hydrogens (tertiary/aromatic N) is 3. The van der Waals surface area contributed by atoms with E-state index in [-0.39, 0.29) is 11.8 Å². The van der Waals surface area contributed by atoms with Crippen molar-refractivity contribution in [2.45, 2.75) is 27.2 Å². The third kappa shape index (κ3) is 7.13. The Balaban J connectivity index is 2.64. The van der Waals surface area contributed by atoms with E-state index in [0.29, 0.717) is 19.5 Å². The topological polar surface area (TPSA) is 55.9 Å². The second-order valence-corrected chi connectivity index (χ2v) is 6.26. The lowest BCUT2D eigenvalue weighted by Gasteiger charge is -2.24. The normalized spacial score (nSPS) is 10.6. The Labute approximate surface area is 151 Å². The van der Waals surface area contributed by atoms with Gasteiger partial charge in [-0.25, -0.2) is 0 Å². The molecule has 1 aromatic carbocycles. The molecular weight excluding hydrogens is 316 g/mol.